The number of hydrogen-bond acceptors (Lipinski definition) is 1. The predicted molar refractivity (Wildman–Crippen MR) is 75.2 cm³/mol. The Morgan fingerprint density at radius 2 is 1.94 bits per heavy atom. The number of hydrogen-bond donors (Lipinski definition) is 0. The fourth-order valence-corrected chi connectivity index (χ4v) is 4.83. The van der Waals surface area contributed by atoms with E-state index in [0.717, 1.165) is 5.92 Å². The van der Waals surface area contributed by atoms with Crippen molar-refractivity contribution in [3.8, 4) is 0 Å². The van der Waals surface area contributed by atoms with Crippen molar-refractivity contribution in [3.05, 3.63) is 30.1 Å². The van der Waals surface area contributed by atoms with Crippen LogP contribution in [-0.2, 0) is 5.28 Å². The third-order valence-corrected chi connectivity index (χ3v) is 6.37. The van der Waals surface area contributed by atoms with Gasteiger partial charge in [0, 0.05) is 11.9 Å². The second kappa shape index (κ2) is 9.88. The highest BCUT2D eigenvalue weighted by molar-refractivity contribution is 6.58. The lowest BCUT2D eigenvalue weighted by atomic mass is 10.3. The Bertz CT molecular complexity index is 246. The van der Waals surface area contributed by atoms with E-state index in [1.165, 1.54) is 21.5 Å². The molecule has 2 heteroatoms. The van der Waals surface area contributed by atoms with Gasteiger partial charge in [0.15, 0.2) is 0 Å². The standard InChI is InChI=1S/C6H6N.C4H9.C2H6.C2H5.Al/c1-6-4-2-3-5-7-6;1-4(2)3;2*1-2;/h2-5H,1H2;4H,1H2,2-3H3;1-2H3;1H2,2H3;. The summed E-state index contributed by atoms with van der Waals surface area (Å²) >= 11 is -0.560. The maximum Gasteiger partial charge on any atom is 0.269 e. The molecule has 1 aromatic heterocycles. The molecule has 0 aliphatic carbocycles. The summed E-state index contributed by atoms with van der Waals surface area (Å²) in [5.74, 6) is 0.857. The molecule has 0 bridgehead atoms. The van der Waals surface area contributed by atoms with Gasteiger partial charge in [-0.05, 0) is 12.1 Å². The first kappa shape index (κ1) is 15.7. The van der Waals surface area contributed by atoms with Gasteiger partial charge in [-0.15, -0.1) is 0 Å². The fraction of sp³-hybridized carbons (Fsp3) is 0.643. The Hall–Kier alpha value is -0.318. The number of nitrogens with zero attached hydrogens (tertiary/aromatic N) is 1. The molecule has 0 amide bonds. The fourth-order valence-electron chi connectivity index (χ4n) is 1.88. The number of aromatic nitrogens is 1. The minimum Gasteiger partial charge on any atom is -0.263 e. The molecule has 0 atom stereocenters. The van der Waals surface area contributed by atoms with Crippen LogP contribution in [0.25, 0.3) is 0 Å². The average molecular weight is 235 g/mol. The van der Waals surface area contributed by atoms with Gasteiger partial charge in [-0.25, -0.2) is 0 Å². The van der Waals surface area contributed by atoms with E-state index in [1.54, 1.807) is 0 Å². The van der Waals surface area contributed by atoms with Crippen molar-refractivity contribution in [1.29, 1.82) is 0 Å². The van der Waals surface area contributed by atoms with Gasteiger partial charge in [-0.2, -0.15) is 0 Å². The lowest BCUT2D eigenvalue weighted by molar-refractivity contribution is 0.721. The van der Waals surface area contributed by atoms with Gasteiger partial charge in [-0.3, -0.25) is 4.98 Å². The van der Waals surface area contributed by atoms with Crippen molar-refractivity contribution in [1.82, 2.24) is 4.98 Å². The normalized spacial score (nSPS) is 9.62. The maximum absolute atomic E-state index is 4.41. The SMILES string of the molecule is CC.C[CH2][Al]([CH2]c1ccccn1)[CH2]C(C)C. The van der Waals surface area contributed by atoms with Gasteiger partial charge in [0.25, 0.3) is 14.1 Å². The number of rotatable bonds is 5. The summed E-state index contributed by atoms with van der Waals surface area (Å²) in [5, 5.41) is 4.12. The van der Waals surface area contributed by atoms with Crippen LogP contribution in [0.5, 0.6) is 0 Å². The van der Waals surface area contributed by atoms with Crippen LogP contribution in [0.2, 0.25) is 10.6 Å². The molecule has 1 nitrogen and oxygen atoms in total. The van der Waals surface area contributed by atoms with Crippen LogP contribution in [0, 0.1) is 5.92 Å². The monoisotopic (exact) mass is 235 g/mol. The van der Waals surface area contributed by atoms with E-state index in [1.807, 2.05) is 26.1 Å². The van der Waals surface area contributed by atoms with Crippen LogP contribution in [0.4, 0.5) is 0 Å². The highest BCUT2D eigenvalue weighted by Gasteiger charge is 2.16. The van der Waals surface area contributed by atoms with E-state index in [2.05, 4.69) is 37.9 Å². The summed E-state index contributed by atoms with van der Waals surface area (Å²) in [4.78, 5) is 4.41. The Kier molecular flexibility index (Phi) is 9.68. The van der Waals surface area contributed by atoms with E-state index in [4.69, 9.17) is 0 Å². The van der Waals surface area contributed by atoms with Crippen LogP contribution < -0.4 is 0 Å². The van der Waals surface area contributed by atoms with Crippen molar-refractivity contribution in [2.24, 2.45) is 5.92 Å². The van der Waals surface area contributed by atoms with Crippen LogP contribution in [0.1, 0.15) is 40.3 Å². The van der Waals surface area contributed by atoms with E-state index in [-0.39, 0.29) is 0 Å². The Labute approximate surface area is 106 Å². The zero-order valence-corrected chi connectivity index (χ0v) is 12.7. The lowest BCUT2D eigenvalue weighted by Gasteiger charge is -2.11. The zero-order valence-electron chi connectivity index (χ0n) is 11.5. The summed E-state index contributed by atoms with van der Waals surface area (Å²) in [5.41, 5.74) is 1.30. The summed E-state index contributed by atoms with van der Waals surface area (Å²) in [6.45, 7) is 11.0. The molecule has 1 heterocycles. The molecular weight excluding hydrogens is 209 g/mol. The first-order valence-corrected chi connectivity index (χ1v) is 9.07. The largest absolute Gasteiger partial charge is 0.269 e. The van der Waals surface area contributed by atoms with Crippen molar-refractivity contribution >= 4 is 14.1 Å². The first-order valence-electron chi connectivity index (χ1n) is 6.62. The molecule has 0 saturated carbocycles. The Morgan fingerprint density at radius 3 is 2.38 bits per heavy atom. The van der Waals surface area contributed by atoms with Crippen LogP contribution in [-0.4, -0.2) is 19.1 Å². The maximum atomic E-state index is 4.41. The summed E-state index contributed by atoms with van der Waals surface area (Å²) in [7, 11) is 0. The van der Waals surface area contributed by atoms with Gasteiger partial charge < -0.3 is 0 Å². The summed E-state index contributed by atoms with van der Waals surface area (Å²) < 4.78 is 0. The molecule has 1 aromatic rings. The molecule has 0 fully saturated rings. The van der Waals surface area contributed by atoms with Gasteiger partial charge in [0.2, 0.25) is 0 Å². The zero-order chi connectivity index (χ0) is 12.4. The molecule has 0 spiro atoms. The Balaban J connectivity index is 0.00000106. The minimum atomic E-state index is -0.560. The second-order valence-corrected chi connectivity index (χ2v) is 7.86. The molecule has 16 heavy (non-hydrogen) atoms. The third-order valence-electron chi connectivity index (χ3n) is 2.61. The van der Waals surface area contributed by atoms with Gasteiger partial charge in [-0.1, -0.05) is 62.5 Å². The molecule has 90 valence electrons. The van der Waals surface area contributed by atoms with E-state index in [0.29, 0.717) is 0 Å². The summed E-state index contributed by atoms with van der Waals surface area (Å²) in [6, 6.07) is 6.25. The lowest BCUT2D eigenvalue weighted by Crippen LogP contribution is -2.18. The average Bonchev–Trinajstić information content (AvgIpc) is 2.31. The van der Waals surface area contributed by atoms with Gasteiger partial charge >= 0.3 is 0 Å². The second-order valence-electron chi connectivity index (χ2n) is 4.43. The topological polar surface area (TPSA) is 12.9 Å². The summed E-state index contributed by atoms with van der Waals surface area (Å²) in [6.07, 6.45) is 1.91. The van der Waals surface area contributed by atoms with E-state index in [9.17, 15) is 0 Å². The van der Waals surface area contributed by atoms with Crippen molar-refractivity contribution < 1.29 is 0 Å². The Morgan fingerprint density at radius 1 is 1.25 bits per heavy atom. The van der Waals surface area contributed by atoms with Crippen LogP contribution in [0.15, 0.2) is 24.4 Å². The molecular formula is C14H26AlN. The molecule has 0 unspecified atom stereocenters. The highest BCUT2D eigenvalue weighted by atomic mass is 27.2. The van der Waals surface area contributed by atoms with E-state index < -0.39 is 14.1 Å². The predicted octanol–water partition coefficient (Wildman–Crippen LogP) is 4.36. The molecule has 0 aromatic carbocycles. The third kappa shape index (κ3) is 7.04. The molecule has 0 aliphatic heterocycles. The minimum absolute atomic E-state index is 0.560. The molecule has 1 rings (SSSR count). The smallest absolute Gasteiger partial charge is 0.263 e. The van der Waals surface area contributed by atoms with Crippen LogP contribution >= 0.6 is 0 Å². The van der Waals surface area contributed by atoms with Crippen molar-refractivity contribution in [3.63, 3.8) is 0 Å². The molecule has 0 saturated heterocycles. The van der Waals surface area contributed by atoms with Gasteiger partial charge in [0.1, 0.15) is 0 Å². The van der Waals surface area contributed by atoms with Crippen molar-refractivity contribution in [2.45, 2.75) is 50.5 Å². The first-order chi connectivity index (χ1) is 7.72. The quantitative estimate of drug-likeness (QED) is 0.691. The van der Waals surface area contributed by atoms with Crippen molar-refractivity contribution in [2.75, 3.05) is 0 Å². The molecule has 0 N–H and O–H groups in total. The van der Waals surface area contributed by atoms with Gasteiger partial charge in [0.05, 0.1) is 0 Å². The highest BCUT2D eigenvalue weighted by Crippen LogP contribution is 2.12. The van der Waals surface area contributed by atoms with Crippen LogP contribution in [0.3, 0.4) is 0 Å². The molecule has 0 aliphatic rings. The molecule has 0 radical (unpaired) electrons. The number of pyridine rings is 1. The van der Waals surface area contributed by atoms with E-state index >= 15 is 0 Å².